The fourth-order valence-electron chi connectivity index (χ4n) is 4.61. The van der Waals surface area contributed by atoms with Gasteiger partial charge < -0.3 is 23.8 Å². The molecular formula is C18H26N2O5. The molecule has 3 heterocycles. The maximum Gasteiger partial charge on any atom is 0.260 e. The van der Waals surface area contributed by atoms with E-state index in [0.717, 1.165) is 19.3 Å². The second-order valence-corrected chi connectivity index (χ2v) is 7.31. The molecule has 0 amide bonds. The highest BCUT2D eigenvalue weighted by molar-refractivity contribution is 5.45. The minimum absolute atomic E-state index is 0.0337. The summed E-state index contributed by atoms with van der Waals surface area (Å²) in [5.74, 6) is 1.77. The number of nitrogens with zero attached hydrogens (tertiary/aromatic N) is 2. The molecule has 5 atom stereocenters. The van der Waals surface area contributed by atoms with Gasteiger partial charge in [-0.2, -0.15) is 0 Å². The largest absolute Gasteiger partial charge is 0.498 e. The summed E-state index contributed by atoms with van der Waals surface area (Å²) >= 11 is 0. The third kappa shape index (κ3) is 2.19. The molecule has 25 heavy (non-hydrogen) atoms. The number of aliphatic hydroxyl groups is 1. The molecule has 4 rings (SSSR count). The van der Waals surface area contributed by atoms with Crippen molar-refractivity contribution in [2.24, 2.45) is 5.92 Å². The van der Waals surface area contributed by atoms with Gasteiger partial charge in [0.05, 0.1) is 31.4 Å². The lowest BCUT2D eigenvalue weighted by atomic mass is 9.66. The molecule has 7 heteroatoms. The SMILES string of the molecule is CCCCOc1noc2c1[C@H](O)[C@]13O[C@H](C=C1OC)C[C@H]3[C@@H]2N(C)C. The first kappa shape index (κ1) is 16.9. The summed E-state index contributed by atoms with van der Waals surface area (Å²) in [4.78, 5) is 2.09. The molecule has 138 valence electrons. The van der Waals surface area contributed by atoms with Gasteiger partial charge in [0, 0.05) is 5.92 Å². The zero-order valence-electron chi connectivity index (χ0n) is 15.2. The summed E-state index contributed by atoms with van der Waals surface area (Å²) in [7, 11) is 5.63. The predicted octanol–water partition coefficient (Wildman–Crippen LogP) is 2.19. The molecule has 1 aromatic heterocycles. The second kappa shape index (κ2) is 6.00. The minimum Gasteiger partial charge on any atom is -0.498 e. The van der Waals surface area contributed by atoms with Crippen LogP contribution >= 0.6 is 0 Å². The van der Waals surface area contributed by atoms with Crippen LogP contribution in [0.5, 0.6) is 5.88 Å². The van der Waals surface area contributed by atoms with Crippen LogP contribution in [0.2, 0.25) is 0 Å². The number of ether oxygens (including phenoxy) is 3. The van der Waals surface area contributed by atoms with E-state index in [1.54, 1.807) is 7.11 Å². The van der Waals surface area contributed by atoms with E-state index in [1.807, 2.05) is 20.2 Å². The van der Waals surface area contributed by atoms with Gasteiger partial charge in [-0.25, -0.2) is 0 Å². The van der Waals surface area contributed by atoms with Crippen molar-refractivity contribution in [3.8, 4) is 5.88 Å². The fourth-order valence-corrected chi connectivity index (χ4v) is 4.61. The van der Waals surface area contributed by atoms with Crippen molar-refractivity contribution in [1.82, 2.24) is 10.1 Å². The maximum atomic E-state index is 11.3. The van der Waals surface area contributed by atoms with Gasteiger partial charge >= 0.3 is 0 Å². The van der Waals surface area contributed by atoms with E-state index in [1.165, 1.54) is 0 Å². The molecule has 0 unspecified atom stereocenters. The summed E-state index contributed by atoms with van der Waals surface area (Å²) < 4.78 is 23.3. The van der Waals surface area contributed by atoms with Gasteiger partial charge in [0.25, 0.3) is 5.88 Å². The van der Waals surface area contributed by atoms with Gasteiger partial charge in [-0.05, 0) is 38.2 Å². The van der Waals surface area contributed by atoms with Crippen LogP contribution in [0.3, 0.4) is 0 Å². The van der Waals surface area contributed by atoms with E-state index < -0.39 is 11.7 Å². The Hall–Kier alpha value is -1.57. The maximum absolute atomic E-state index is 11.3. The highest BCUT2D eigenvalue weighted by Gasteiger charge is 2.68. The molecule has 3 aliphatic rings. The Morgan fingerprint density at radius 3 is 2.92 bits per heavy atom. The quantitative estimate of drug-likeness (QED) is 0.788. The van der Waals surface area contributed by atoms with Crippen LogP contribution in [0.1, 0.15) is 49.7 Å². The van der Waals surface area contributed by atoms with Crippen LogP contribution in [0.15, 0.2) is 16.4 Å². The molecule has 1 aliphatic carbocycles. The number of aromatic nitrogens is 1. The van der Waals surface area contributed by atoms with Crippen molar-refractivity contribution in [2.45, 2.75) is 50.0 Å². The Labute approximate surface area is 147 Å². The third-order valence-electron chi connectivity index (χ3n) is 5.67. The average Bonchev–Trinajstić information content (AvgIpc) is 3.26. The Morgan fingerprint density at radius 1 is 1.44 bits per heavy atom. The zero-order chi connectivity index (χ0) is 17.8. The Balaban J connectivity index is 1.80. The van der Waals surface area contributed by atoms with E-state index in [2.05, 4.69) is 17.0 Å². The number of hydrogen-bond donors (Lipinski definition) is 1. The average molecular weight is 350 g/mol. The molecule has 0 saturated carbocycles. The van der Waals surface area contributed by atoms with Crippen LogP contribution in [0.25, 0.3) is 0 Å². The van der Waals surface area contributed by atoms with Gasteiger partial charge in [0.1, 0.15) is 11.9 Å². The van der Waals surface area contributed by atoms with E-state index in [0.29, 0.717) is 29.6 Å². The topological polar surface area (TPSA) is 77.2 Å². The molecule has 7 nitrogen and oxygen atoms in total. The highest BCUT2D eigenvalue weighted by atomic mass is 16.6. The minimum atomic E-state index is -0.926. The molecule has 1 fully saturated rings. The lowest BCUT2D eigenvalue weighted by Crippen LogP contribution is -2.51. The number of unbranched alkanes of at least 4 members (excludes halogenated alkanes) is 1. The van der Waals surface area contributed by atoms with Gasteiger partial charge in [0.15, 0.2) is 11.4 Å². The Kier molecular flexibility index (Phi) is 4.05. The Bertz CT molecular complexity index is 685. The normalized spacial score (nSPS) is 35.5. The fraction of sp³-hybridized carbons (Fsp3) is 0.722. The molecular weight excluding hydrogens is 324 g/mol. The van der Waals surface area contributed by atoms with E-state index >= 15 is 0 Å². The van der Waals surface area contributed by atoms with Crippen molar-refractivity contribution in [3.63, 3.8) is 0 Å². The molecule has 1 spiro atoms. The van der Waals surface area contributed by atoms with Crippen molar-refractivity contribution in [1.29, 1.82) is 0 Å². The van der Waals surface area contributed by atoms with Crippen LogP contribution in [-0.4, -0.2) is 54.7 Å². The summed E-state index contributed by atoms with van der Waals surface area (Å²) in [5, 5.41) is 15.4. The van der Waals surface area contributed by atoms with Crippen molar-refractivity contribution < 1.29 is 23.8 Å². The summed E-state index contributed by atoms with van der Waals surface area (Å²) in [5.41, 5.74) is -0.299. The van der Waals surface area contributed by atoms with E-state index in [-0.39, 0.29) is 18.1 Å². The van der Waals surface area contributed by atoms with Crippen molar-refractivity contribution >= 4 is 0 Å². The van der Waals surface area contributed by atoms with E-state index in [9.17, 15) is 5.11 Å². The summed E-state index contributed by atoms with van der Waals surface area (Å²) in [6.45, 7) is 2.64. The first-order valence-corrected chi connectivity index (χ1v) is 8.95. The number of fused-ring (bicyclic) bond motifs is 2. The van der Waals surface area contributed by atoms with Gasteiger partial charge in [-0.1, -0.05) is 13.3 Å². The number of methoxy groups -OCH3 is 1. The third-order valence-corrected chi connectivity index (χ3v) is 5.67. The first-order chi connectivity index (χ1) is 12.0. The highest BCUT2D eigenvalue weighted by Crippen LogP contribution is 2.63. The van der Waals surface area contributed by atoms with Crippen LogP contribution in [-0.2, 0) is 9.47 Å². The number of rotatable bonds is 6. The molecule has 1 saturated heterocycles. The van der Waals surface area contributed by atoms with Crippen LogP contribution < -0.4 is 4.74 Å². The lowest BCUT2D eigenvalue weighted by Gasteiger charge is -2.46. The molecule has 1 N–H and O–H groups in total. The first-order valence-electron chi connectivity index (χ1n) is 8.95. The molecule has 1 aromatic rings. The van der Waals surface area contributed by atoms with E-state index in [4.69, 9.17) is 18.7 Å². The molecule has 2 bridgehead atoms. The lowest BCUT2D eigenvalue weighted by molar-refractivity contribution is -0.132. The summed E-state index contributed by atoms with van der Waals surface area (Å²) in [6.07, 6.45) is 3.77. The molecule has 0 aromatic carbocycles. The van der Waals surface area contributed by atoms with Crippen LogP contribution in [0.4, 0.5) is 0 Å². The zero-order valence-corrected chi connectivity index (χ0v) is 15.2. The second-order valence-electron chi connectivity index (χ2n) is 7.31. The molecule has 0 radical (unpaired) electrons. The molecule has 2 aliphatic heterocycles. The van der Waals surface area contributed by atoms with Gasteiger partial charge in [-0.3, -0.25) is 4.90 Å². The van der Waals surface area contributed by atoms with Crippen LogP contribution in [0, 0.1) is 5.92 Å². The Morgan fingerprint density at radius 2 is 2.24 bits per heavy atom. The monoisotopic (exact) mass is 350 g/mol. The number of aliphatic hydroxyl groups excluding tert-OH is 1. The number of hydrogen-bond acceptors (Lipinski definition) is 7. The van der Waals surface area contributed by atoms with Gasteiger partial charge in [-0.15, -0.1) is 0 Å². The predicted molar refractivity (Wildman–Crippen MR) is 89.1 cm³/mol. The smallest absolute Gasteiger partial charge is 0.260 e. The van der Waals surface area contributed by atoms with Crippen molar-refractivity contribution in [3.05, 3.63) is 23.2 Å². The standard InChI is InChI=1S/C18H26N2O5/c1-5-6-7-23-17-13-15(25-19-17)14(20(2)3)11-8-10-9-12(22-4)18(11,24-10)16(13)21/h9-11,14,16,21H,5-8H2,1-4H3/t10-,11-,14-,16-,18+/m0/s1. The van der Waals surface area contributed by atoms with Gasteiger partial charge in [0.2, 0.25) is 0 Å². The van der Waals surface area contributed by atoms with Crippen molar-refractivity contribution in [2.75, 3.05) is 27.8 Å². The summed E-state index contributed by atoms with van der Waals surface area (Å²) in [6, 6.07) is -0.0572.